The molecule has 6 rings (SSSR count). The second-order valence-electron chi connectivity index (χ2n) is 10.2. The summed E-state index contributed by atoms with van der Waals surface area (Å²) in [6.45, 7) is 4.67. The highest BCUT2D eigenvalue weighted by Gasteiger charge is 2.47. The number of ketones is 1. The lowest BCUT2D eigenvalue weighted by Gasteiger charge is -2.37. The molecular weight excluding hydrogens is 528 g/mol. The van der Waals surface area contributed by atoms with E-state index in [-0.39, 0.29) is 50.7 Å². The number of morpholine rings is 1. The lowest BCUT2D eigenvalue weighted by atomic mass is 9.81. The van der Waals surface area contributed by atoms with Crippen LogP contribution in [0, 0.1) is 0 Å². The molecule has 0 saturated carbocycles. The summed E-state index contributed by atoms with van der Waals surface area (Å²) in [5.74, 6) is -3.35. The smallest absolute Gasteiger partial charge is 0.328 e. The lowest BCUT2D eigenvalue weighted by Crippen LogP contribution is -2.49. The molecule has 212 valence electrons. The van der Waals surface area contributed by atoms with Gasteiger partial charge in [-0.1, -0.05) is 6.58 Å². The molecule has 4 heterocycles. The van der Waals surface area contributed by atoms with Gasteiger partial charge in [-0.15, -0.1) is 0 Å². The van der Waals surface area contributed by atoms with Crippen molar-refractivity contribution < 1.29 is 46.8 Å². The maximum Gasteiger partial charge on any atom is 0.328 e. The summed E-state index contributed by atoms with van der Waals surface area (Å²) < 4.78 is 64.0. The van der Waals surface area contributed by atoms with Gasteiger partial charge in [0.05, 0.1) is 38.9 Å². The van der Waals surface area contributed by atoms with Gasteiger partial charge in [0.25, 0.3) is 5.91 Å². The summed E-state index contributed by atoms with van der Waals surface area (Å²) in [4.78, 5) is 27.4. The van der Waals surface area contributed by atoms with Gasteiger partial charge in [-0.25, -0.2) is 0 Å². The van der Waals surface area contributed by atoms with Crippen LogP contribution in [0.3, 0.4) is 0 Å². The minimum atomic E-state index is -3.62. The molecule has 2 aromatic carbocycles. The fourth-order valence-corrected chi connectivity index (χ4v) is 5.77. The van der Waals surface area contributed by atoms with Crippen LogP contribution >= 0.6 is 0 Å². The van der Waals surface area contributed by atoms with Crippen molar-refractivity contribution >= 4 is 11.7 Å². The summed E-state index contributed by atoms with van der Waals surface area (Å²) >= 11 is 0. The Kier molecular flexibility index (Phi) is 6.56. The fourth-order valence-electron chi connectivity index (χ4n) is 5.77. The number of methoxy groups -OCH3 is 2. The predicted molar refractivity (Wildman–Crippen MR) is 137 cm³/mol. The molecule has 4 aliphatic rings. The van der Waals surface area contributed by atoms with Gasteiger partial charge in [0.15, 0.2) is 17.3 Å². The molecule has 1 saturated heterocycles. The van der Waals surface area contributed by atoms with Gasteiger partial charge in [0.2, 0.25) is 0 Å². The molecule has 9 nitrogen and oxygen atoms in total. The van der Waals surface area contributed by atoms with Gasteiger partial charge in [0.1, 0.15) is 36.1 Å². The summed E-state index contributed by atoms with van der Waals surface area (Å²) in [5, 5.41) is 0. The van der Waals surface area contributed by atoms with E-state index in [0.717, 1.165) is 4.90 Å². The van der Waals surface area contributed by atoms with Crippen molar-refractivity contribution in [3.05, 3.63) is 53.1 Å². The van der Waals surface area contributed by atoms with Crippen LogP contribution in [0.4, 0.5) is 8.78 Å². The molecular formula is C29H29F2NO8. The highest BCUT2D eigenvalue weighted by molar-refractivity contribution is 6.06. The molecule has 1 unspecified atom stereocenters. The van der Waals surface area contributed by atoms with Crippen molar-refractivity contribution in [1.29, 1.82) is 0 Å². The SMILES string of the molecule is C=C(CC(F)(F)C(=O)N1CCOCC1)[C@H]1Cc2c(ccc3c2O[C@@H]2COc4cc(OC)c(OC)cc4C2C3=O)O1. The van der Waals surface area contributed by atoms with E-state index in [0.29, 0.717) is 45.4 Å². The highest BCUT2D eigenvalue weighted by Crippen LogP contribution is 2.50. The highest BCUT2D eigenvalue weighted by atomic mass is 19.3. The molecule has 0 aliphatic carbocycles. The van der Waals surface area contributed by atoms with Crippen molar-refractivity contribution in [1.82, 2.24) is 4.90 Å². The minimum Gasteiger partial charge on any atom is -0.493 e. The lowest BCUT2D eigenvalue weighted by molar-refractivity contribution is -0.161. The number of carbonyl (C=O) groups excluding carboxylic acids is 2. The molecule has 2 aromatic rings. The number of amides is 1. The van der Waals surface area contributed by atoms with Crippen LogP contribution in [0.1, 0.15) is 33.8 Å². The number of ether oxygens (including phenoxy) is 6. The Hall–Kier alpha value is -3.86. The predicted octanol–water partition coefficient (Wildman–Crippen LogP) is 3.57. The number of fused-ring (bicyclic) bond motifs is 6. The zero-order chi connectivity index (χ0) is 28.2. The molecule has 0 bridgehead atoms. The van der Waals surface area contributed by atoms with Crippen LogP contribution in [0.2, 0.25) is 0 Å². The first kappa shape index (κ1) is 26.4. The first-order valence-electron chi connectivity index (χ1n) is 13.1. The third kappa shape index (κ3) is 4.32. The van der Waals surface area contributed by atoms with Crippen molar-refractivity contribution in [3.8, 4) is 28.7 Å². The Bertz CT molecular complexity index is 1390. The first-order chi connectivity index (χ1) is 19.2. The number of nitrogens with zero attached hydrogens (tertiary/aromatic N) is 1. The van der Waals surface area contributed by atoms with E-state index < -0.39 is 36.4 Å². The number of rotatable bonds is 6. The van der Waals surface area contributed by atoms with Crippen molar-refractivity contribution in [2.45, 2.75) is 36.9 Å². The second-order valence-corrected chi connectivity index (χ2v) is 10.2. The Morgan fingerprint density at radius 1 is 1.10 bits per heavy atom. The molecule has 3 atom stereocenters. The Morgan fingerprint density at radius 3 is 2.55 bits per heavy atom. The molecule has 0 aromatic heterocycles. The molecule has 0 radical (unpaired) electrons. The number of alkyl halides is 2. The van der Waals surface area contributed by atoms with Crippen LogP contribution in [-0.2, 0) is 16.0 Å². The number of halogens is 2. The van der Waals surface area contributed by atoms with E-state index in [1.165, 1.54) is 14.2 Å². The van der Waals surface area contributed by atoms with E-state index >= 15 is 0 Å². The Balaban J connectivity index is 1.22. The normalized spacial score (nSPS) is 22.9. The van der Waals surface area contributed by atoms with Crippen molar-refractivity contribution in [3.63, 3.8) is 0 Å². The standard InChI is InChI=1S/C29H29F2NO8/c1-15(13-29(30,31)28(34)32-6-8-37-9-7-32)20-11-18-19(39-20)5-4-16-26(33)25-17-10-22(35-2)23(36-3)12-21(17)38-14-24(25)40-27(16)18/h4-5,10,12,20,24-25H,1,6-9,11,13-14H2,2-3H3/t20-,24-,25?/m1/s1. The van der Waals surface area contributed by atoms with E-state index in [4.69, 9.17) is 28.4 Å². The Labute approximate surface area is 229 Å². The quantitative estimate of drug-likeness (QED) is 0.498. The third-order valence-electron chi connectivity index (χ3n) is 7.83. The summed E-state index contributed by atoms with van der Waals surface area (Å²) in [7, 11) is 3.04. The van der Waals surface area contributed by atoms with Gasteiger partial charge >= 0.3 is 5.92 Å². The van der Waals surface area contributed by atoms with Crippen LogP contribution in [0.15, 0.2) is 36.4 Å². The van der Waals surface area contributed by atoms with Crippen LogP contribution < -0.4 is 23.7 Å². The van der Waals surface area contributed by atoms with E-state index in [2.05, 4.69) is 6.58 Å². The molecule has 1 amide bonds. The maximum absolute atomic E-state index is 14.9. The monoisotopic (exact) mass is 557 g/mol. The first-order valence-corrected chi connectivity index (χ1v) is 13.1. The average molecular weight is 558 g/mol. The Morgan fingerprint density at radius 2 is 1.82 bits per heavy atom. The molecule has 40 heavy (non-hydrogen) atoms. The molecule has 0 spiro atoms. The molecule has 0 N–H and O–H groups in total. The molecule has 1 fully saturated rings. The maximum atomic E-state index is 14.9. The van der Waals surface area contributed by atoms with Gasteiger partial charge in [-0.2, -0.15) is 8.78 Å². The summed E-state index contributed by atoms with van der Waals surface area (Å²) in [6.07, 6.45) is -2.05. The zero-order valence-electron chi connectivity index (χ0n) is 22.2. The second kappa shape index (κ2) is 9.96. The zero-order valence-corrected chi connectivity index (χ0v) is 22.2. The van der Waals surface area contributed by atoms with E-state index in [1.807, 2.05) is 0 Å². The number of hydrogen-bond donors (Lipinski definition) is 0. The number of hydrogen-bond acceptors (Lipinski definition) is 8. The minimum absolute atomic E-state index is 0.0903. The van der Waals surface area contributed by atoms with Crippen molar-refractivity contribution in [2.24, 2.45) is 0 Å². The van der Waals surface area contributed by atoms with Gasteiger partial charge in [0, 0.05) is 43.1 Å². The number of carbonyl (C=O) groups is 2. The largest absolute Gasteiger partial charge is 0.493 e. The number of benzene rings is 2. The average Bonchev–Trinajstić information content (AvgIpc) is 3.41. The van der Waals surface area contributed by atoms with E-state index in [9.17, 15) is 18.4 Å². The topological polar surface area (TPSA) is 92.8 Å². The number of Topliss-reactive ketones (excluding diaryl/α,β-unsaturated/α-hetero) is 1. The van der Waals surface area contributed by atoms with Gasteiger partial charge in [-0.3, -0.25) is 9.59 Å². The van der Waals surface area contributed by atoms with Crippen LogP contribution in [-0.4, -0.2) is 81.9 Å². The van der Waals surface area contributed by atoms with Gasteiger partial charge < -0.3 is 33.3 Å². The molecule has 11 heteroatoms. The molecule has 4 aliphatic heterocycles. The van der Waals surface area contributed by atoms with Crippen molar-refractivity contribution in [2.75, 3.05) is 47.1 Å². The fraction of sp³-hybridized carbons (Fsp3) is 0.448. The van der Waals surface area contributed by atoms with Gasteiger partial charge in [-0.05, 0) is 23.8 Å². The third-order valence-corrected chi connectivity index (χ3v) is 7.83. The van der Waals surface area contributed by atoms with Crippen LogP contribution in [0.5, 0.6) is 28.7 Å². The summed E-state index contributed by atoms with van der Waals surface area (Å²) in [6, 6.07) is 6.70. The van der Waals surface area contributed by atoms with Crippen LogP contribution in [0.25, 0.3) is 0 Å². The summed E-state index contributed by atoms with van der Waals surface area (Å²) in [5.41, 5.74) is 1.72. The van der Waals surface area contributed by atoms with E-state index in [1.54, 1.807) is 24.3 Å².